The maximum atomic E-state index is 3.62. The molecule has 1 aromatic rings. The fraction of sp³-hybridized carbons (Fsp3) is 0.538. The third-order valence-corrected chi connectivity index (χ3v) is 3.14. The first-order valence-corrected chi connectivity index (χ1v) is 5.85. The minimum absolute atomic E-state index is 0. The largest absolute Gasteiger partial charge is 0.315 e. The summed E-state index contributed by atoms with van der Waals surface area (Å²) in [7, 11) is 0. The molecule has 4 heteroatoms. The van der Waals surface area contributed by atoms with Crippen molar-refractivity contribution in [1.29, 1.82) is 0 Å². The summed E-state index contributed by atoms with van der Waals surface area (Å²) >= 11 is 0. The van der Waals surface area contributed by atoms with Gasteiger partial charge in [0.1, 0.15) is 0 Å². The first-order valence-electron chi connectivity index (χ1n) is 5.85. The molecule has 1 atom stereocenters. The number of hydrogen-bond donors (Lipinski definition) is 2. The number of halogens is 2. The predicted molar refractivity (Wildman–Crippen MR) is 78.4 cm³/mol. The molecule has 0 aliphatic carbocycles. The van der Waals surface area contributed by atoms with Gasteiger partial charge in [-0.15, -0.1) is 24.8 Å². The Morgan fingerprint density at radius 3 is 2.71 bits per heavy atom. The molecule has 0 spiro atoms. The average Bonchev–Trinajstić information content (AvgIpc) is 2.29. The molecule has 1 aliphatic rings. The van der Waals surface area contributed by atoms with Crippen LogP contribution >= 0.6 is 24.8 Å². The van der Waals surface area contributed by atoms with E-state index < -0.39 is 0 Å². The van der Waals surface area contributed by atoms with Crippen molar-refractivity contribution >= 4 is 24.8 Å². The zero-order valence-electron chi connectivity index (χ0n) is 10.2. The standard InChI is InChI=1S/C13H20N2.2ClH/c1-11-5-2-3-6-12(11)9-15-13-7-4-8-14-10-13;;/h2-3,5-6,13-15H,4,7-10H2,1H3;2*1H. The van der Waals surface area contributed by atoms with Gasteiger partial charge in [0.2, 0.25) is 0 Å². The Morgan fingerprint density at radius 1 is 1.29 bits per heavy atom. The lowest BCUT2D eigenvalue weighted by Gasteiger charge is -2.24. The first kappa shape index (κ1) is 16.7. The maximum absolute atomic E-state index is 3.62. The smallest absolute Gasteiger partial charge is 0.0211 e. The number of aryl methyl sites for hydroxylation is 1. The molecule has 0 saturated carbocycles. The molecular weight excluding hydrogens is 255 g/mol. The molecule has 2 rings (SSSR count). The SMILES string of the molecule is Cc1ccccc1CNC1CCCNC1.Cl.Cl. The molecule has 2 N–H and O–H groups in total. The topological polar surface area (TPSA) is 24.1 Å². The van der Waals surface area contributed by atoms with Gasteiger partial charge in [0, 0.05) is 19.1 Å². The van der Waals surface area contributed by atoms with Crippen molar-refractivity contribution in [3.8, 4) is 0 Å². The normalized spacial score (nSPS) is 19.0. The molecule has 1 heterocycles. The lowest BCUT2D eigenvalue weighted by Crippen LogP contribution is -2.42. The van der Waals surface area contributed by atoms with E-state index in [1.54, 1.807) is 0 Å². The van der Waals surface area contributed by atoms with E-state index >= 15 is 0 Å². The van der Waals surface area contributed by atoms with Gasteiger partial charge in [0.25, 0.3) is 0 Å². The van der Waals surface area contributed by atoms with E-state index in [0.29, 0.717) is 6.04 Å². The Labute approximate surface area is 116 Å². The van der Waals surface area contributed by atoms with E-state index in [1.807, 2.05) is 0 Å². The Kier molecular flexibility index (Phi) is 8.61. The van der Waals surface area contributed by atoms with Gasteiger partial charge in [-0.25, -0.2) is 0 Å². The van der Waals surface area contributed by atoms with Gasteiger partial charge < -0.3 is 10.6 Å². The van der Waals surface area contributed by atoms with E-state index in [4.69, 9.17) is 0 Å². The molecule has 1 aromatic carbocycles. The lowest BCUT2D eigenvalue weighted by atomic mass is 10.1. The fourth-order valence-corrected chi connectivity index (χ4v) is 2.09. The maximum Gasteiger partial charge on any atom is 0.0211 e. The van der Waals surface area contributed by atoms with Crippen LogP contribution in [0.15, 0.2) is 24.3 Å². The second kappa shape index (κ2) is 8.76. The summed E-state index contributed by atoms with van der Waals surface area (Å²) in [5, 5.41) is 7.04. The van der Waals surface area contributed by atoms with Crippen LogP contribution in [-0.4, -0.2) is 19.1 Å². The Balaban J connectivity index is 0.00000128. The summed E-state index contributed by atoms with van der Waals surface area (Å²) in [5.74, 6) is 0. The zero-order chi connectivity index (χ0) is 10.5. The van der Waals surface area contributed by atoms with Crippen LogP contribution in [0.2, 0.25) is 0 Å². The highest BCUT2D eigenvalue weighted by Gasteiger charge is 2.11. The van der Waals surface area contributed by atoms with Crippen molar-refractivity contribution in [3.05, 3.63) is 35.4 Å². The van der Waals surface area contributed by atoms with Crippen molar-refractivity contribution in [2.24, 2.45) is 0 Å². The highest BCUT2D eigenvalue weighted by atomic mass is 35.5. The third-order valence-electron chi connectivity index (χ3n) is 3.14. The Bertz CT molecular complexity index is 312. The number of rotatable bonds is 3. The van der Waals surface area contributed by atoms with Gasteiger partial charge in [0.05, 0.1) is 0 Å². The summed E-state index contributed by atoms with van der Waals surface area (Å²) in [6.07, 6.45) is 2.60. The van der Waals surface area contributed by atoms with Gasteiger partial charge in [-0.3, -0.25) is 0 Å². The van der Waals surface area contributed by atoms with Crippen molar-refractivity contribution in [2.75, 3.05) is 13.1 Å². The second-order valence-corrected chi connectivity index (χ2v) is 4.35. The quantitative estimate of drug-likeness (QED) is 0.887. The summed E-state index contributed by atoms with van der Waals surface area (Å²) < 4.78 is 0. The molecule has 0 bridgehead atoms. The van der Waals surface area contributed by atoms with Gasteiger partial charge in [-0.05, 0) is 37.4 Å². The van der Waals surface area contributed by atoms with Crippen molar-refractivity contribution < 1.29 is 0 Å². The zero-order valence-corrected chi connectivity index (χ0v) is 11.9. The Hall–Kier alpha value is -0.280. The number of hydrogen-bond acceptors (Lipinski definition) is 2. The van der Waals surface area contributed by atoms with Crippen LogP contribution in [0.4, 0.5) is 0 Å². The molecule has 0 amide bonds. The van der Waals surface area contributed by atoms with Crippen LogP contribution in [0.25, 0.3) is 0 Å². The molecule has 0 aromatic heterocycles. The van der Waals surface area contributed by atoms with Gasteiger partial charge in [-0.2, -0.15) is 0 Å². The van der Waals surface area contributed by atoms with Gasteiger partial charge >= 0.3 is 0 Å². The van der Waals surface area contributed by atoms with Crippen LogP contribution in [0.3, 0.4) is 0 Å². The monoisotopic (exact) mass is 276 g/mol. The summed E-state index contributed by atoms with van der Waals surface area (Å²) in [6, 6.07) is 9.25. The minimum atomic E-state index is 0. The minimum Gasteiger partial charge on any atom is -0.315 e. The highest BCUT2D eigenvalue weighted by Crippen LogP contribution is 2.08. The molecule has 0 radical (unpaired) electrons. The van der Waals surface area contributed by atoms with E-state index in [1.165, 1.54) is 30.5 Å². The van der Waals surface area contributed by atoms with Crippen LogP contribution in [-0.2, 0) is 6.54 Å². The molecule has 1 saturated heterocycles. The number of piperidine rings is 1. The van der Waals surface area contributed by atoms with Crippen LogP contribution in [0.1, 0.15) is 24.0 Å². The molecule has 98 valence electrons. The summed E-state index contributed by atoms with van der Waals surface area (Å²) in [4.78, 5) is 0. The lowest BCUT2D eigenvalue weighted by molar-refractivity contribution is 0.389. The molecule has 1 aliphatic heterocycles. The van der Waals surface area contributed by atoms with E-state index in [-0.39, 0.29) is 24.8 Å². The summed E-state index contributed by atoms with van der Waals surface area (Å²) in [5.41, 5.74) is 2.80. The molecule has 2 nitrogen and oxygen atoms in total. The molecule has 1 fully saturated rings. The molecular formula is C13H22Cl2N2. The average molecular weight is 277 g/mol. The van der Waals surface area contributed by atoms with E-state index in [0.717, 1.165) is 13.1 Å². The van der Waals surface area contributed by atoms with Crippen LogP contribution < -0.4 is 10.6 Å². The van der Waals surface area contributed by atoms with Crippen molar-refractivity contribution in [3.63, 3.8) is 0 Å². The van der Waals surface area contributed by atoms with Crippen LogP contribution in [0, 0.1) is 6.92 Å². The van der Waals surface area contributed by atoms with E-state index in [2.05, 4.69) is 41.8 Å². The van der Waals surface area contributed by atoms with Crippen molar-refractivity contribution in [1.82, 2.24) is 10.6 Å². The van der Waals surface area contributed by atoms with Gasteiger partial charge in [0.15, 0.2) is 0 Å². The van der Waals surface area contributed by atoms with E-state index in [9.17, 15) is 0 Å². The first-order chi connectivity index (χ1) is 7.36. The second-order valence-electron chi connectivity index (χ2n) is 4.35. The number of benzene rings is 1. The molecule has 1 unspecified atom stereocenters. The van der Waals surface area contributed by atoms with Gasteiger partial charge in [-0.1, -0.05) is 24.3 Å². The highest BCUT2D eigenvalue weighted by molar-refractivity contribution is 5.85. The van der Waals surface area contributed by atoms with Crippen molar-refractivity contribution in [2.45, 2.75) is 32.4 Å². The molecule has 17 heavy (non-hydrogen) atoms. The predicted octanol–water partition coefficient (Wildman–Crippen LogP) is 2.68. The summed E-state index contributed by atoms with van der Waals surface area (Å²) in [6.45, 7) is 5.48. The Morgan fingerprint density at radius 2 is 2.06 bits per heavy atom. The third kappa shape index (κ3) is 5.26. The van der Waals surface area contributed by atoms with Crippen LogP contribution in [0.5, 0.6) is 0 Å². The number of nitrogens with one attached hydrogen (secondary N) is 2. The fourth-order valence-electron chi connectivity index (χ4n) is 2.09.